The van der Waals surface area contributed by atoms with Crippen LogP contribution >= 0.6 is 12.4 Å². The predicted molar refractivity (Wildman–Crippen MR) is 97.1 cm³/mol. The normalized spacial score (nSPS) is 20.2. The summed E-state index contributed by atoms with van der Waals surface area (Å²) in [6, 6.07) is 10.9. The number of hydrogen-bond donors (Lipinski definition) is 2. The van der Waals surface area contributed by atoms with Crippen molar-refractivity contribution in [2.24, 2.45) is 0 Å². The van der Waals surface area contributed by atoms with Crippen molar-refractivity contribution >= 4 is 18.3 Å². The zero-order valence-electron chi connectivity index (χ0n) is 13.9. The standard InChI is InChI=1S/C19H28N2O.ClH/c22-18(19(12-13-19)16-8-4-3-5-9-16)21-15-14-20-17-10-6-1-2-7-11-17;/h3-5,8-9,17,20H,1-2,6-7,10-15H2,(H,21,22);1H. The van der Waals surface area contributed by atoms with Gasteiger partial charge in [0.1, 0.15) is 0 Å². The fourth-order valence-corrected chi connectivity index (χ4v) is 3.63. The zero-order valence-corrected chi connectivity index (χ0v) is 14.7. The van der Waals surface area contributed by atoms with Crippen LogP contribution in [0.1, 0.15) is 56.9 Å². The van der Waals surface area contributed by atoms with Gasteiger partial charge < -0.3 is 10.6 Å². The molecule has 0 spiro atoms. The third-order valence-electron chi connectivity index (χ3n) is 5.21. The highest BCUT2D eigenvalue weighted by molar-refractivity contribution is 5.91. The largest absolute Gasteiger partial charge is 0.354 e. The second-order valence-corrected chi connectivity index (χ2v) is 6.85. The van der Waals surface area contributed by atoms with Crippen molar-refractivity contribution in [1.29, 1.82) is 0 Å². The highest BCUT2D eigenvalue weighted by Gasteiger charge is 2.50. The minimum atomic E-state index is -0.233. The monoisotopic (exact) mass is 336 g/mol. The molecule has 128 valence electrons. The van der Waals surface area contributed by atoms with Crippen LogP contribution in [0.4, 0.5) is 0 Å². The van der Waals surface area contributed by atoms with Crippen LogP contribution in [0.5, 0.6) is 0 Å². The Morgan fingerprint density at radius 1 is 1.00 bits per heavy atom. The molecule has 0 aromatic heterocycles. The summed E-state index contributed by atoms with van der Waals surface area (Å²) >= 11 is 0. The van der Waals surface area contributed by atoms with E-state index in [4.69, 9.17) is 0 Å². The van der Waals surface area contributed by atoms with E-state index in [0.29, 0.717) is 6.04 Å². The quantitative estimate of drug-likeness (QED) is 0.616. The number of nitrogens with one attached hydrogen (secondary N) is 2. The Balaban J connectivity index is 0.00000192. The van der Waals surface area contributed by atoms with E-state index in [1.165, 1.54) is 44.1 Å². The smallest absolute Gasteiger partial charge is 0.230 e. The molecule has 2 aliphatic rings. The lowest BCUT2D eigenvalue weighted by molar-refractivity contribution is -0.123. The molecular weight excluding hydrogens is 308 g/mol. The molecule has 0 atom stereocenters. The lowest BCUT2D eigenvalue weighted by atomic mass is 9.95. The van der Waals surface area contributed by atoms with Crippen molar-refractivity contribution in [3.63, 3.8) is 0 Å². The molecule has 4 heteroatoms. The highest BCUT2D eigenvalue weighted by atomic mass is 35.5. The first kappa shape index (κ1) is 18.3. The topological polar surface area (TPSA) is 41.1 Å². The van der Waals surface area contributed by atoms with Gasteiger partial charge >= 0.3 is 0 Å². The van der Waals surface area contributed by atoms with Gasteiger partial charge in [0.15, 0.2) is 0 Å². The average molecular weight is 337 g/mol. The number of amides is 1. The molecule has 1 aromatic rings. The first-order chi connectivity index (χ1) is 10.8. The molecular formula is C19H29ClN2O. The SMILES string of the molecule is Cl.O=C(NCCNC1CCCCCC1)C1(c2ccccc2)CC1. The van der Waals surface area contributed by atoms with Crippen LogP contribution in [0.25, 0.3) is 0 Å². The number of hydrogen-bond acceptors (Lipinski definition) is 2. The molecule has 2 N–H and O–H groups in total. The molecule has 3 nitrogen and oxygen atoms in total. The Bertz CT molecular complexity index is 479. The molecule has 0 bridgehead atoms. The number of carbonyl (C=O) groups excluding carboxylic acids is 1. The number of carbonyl (C=O) groups is 1. The summed E-state index contributed by atoms with van der Waals surface area (Å²) in [7, 11) is 0. The van der Waals surface area contributed by atoms with Crippen molar-refractivity contribution in [2.45, 2.75) is 62.8 Å². The van der Waals surface area contributed by atoms with Crippen molar-refractivity contribution < 1.29 is 4.79 Å². The summed E-state index contributed by atoms with van der Waals surface area (Å²) in [5.74, 6) is 0.210. The van der Waals surface area contributed by atoms with E-state index < -0.39 is 0 Å². The summed E-state index contributed by atoms with van der Waals surface area (Å²) in [4.78, 5) is 12.5. The molecule has 0 heterocycles. The molecule has 1 amide bonds. The Kier molecular flexibility index (Phi) is 6.91. The number of benzene rings is 1. The fraction of sp³-hybridized carbons (Fsp3) is 0.632. The summed E-state index contributed by atoms with van der Waals surface area (Å²) in [6.45, 7) is 1.63. The van der Waals surface area contributed by atoms with Crippen molar-refractivity contribution in [3.8, 4) is 0 Å². The van der Waals surface area contributed by atoms with Gasteiger partial charge in [0.05, 0.1) is 5.41 Å². The summed E-state index contributed by atoms with van der Waals surface area (Å²) in [6.07, 6.45) is 10.0. The van der Waals surface area contributed by atoms with Crippen LogP contribution in [0.3, 0.4) is 0 Å². The van der Waals surface area contributed by atoms with Crippen molar-refractivity contribution in [1.82, 2.24) is 10.6 Å². The van der Waals surface area contributed by atoms with E-state index in [2.05, 4.69) is 22.8 Å². The zero-order chi connectivity index (χ0) is 15.3. The van der Waals surface area contributed by atoms with Gasteiger partial charge in [-0.15, -0.1) is 12.4 Å². The Labute approximate surface area is 146 Å². The van der Waals surface area contributed by atoms with Crippen molar-refractivity contribution in [3.05, 3.63) is 35.9 Å². The Hall–Kier alpha value is -1.06. The predicted octanol–water partition coefficient (Wildman–Crippen LogP) is 3.57. The molecule has 23 heavy (non-hydrogen) atoms. The minimum Gasteiger partial charge on any atom is -0.354 e. The number of rotatable bonds is 6. The molecule has 1 aromatic carbocycles. The first-order valence-electron chi connectivity index (χ1n) is 8.88. The Morgan fingerprint density at radius 3 is 2.26 bits per heavy atom. The van der Waals surface area contributed by atoms with Crippen LogP contribution in [0, 0.1) is 0 Å². The van der Waals surface area contributed by atoms with E-state index in [1.54, 1.807) is 0 Å². The van der Waals surface area contributed by atoms with Gasteiger partial charge in [-0.25, -0.2) is 0 Å². The van der Waals surface area contributed by atoms with Gasteiger partial charge in [-0.1, -0.05) is 56.0 Å². The summed E-state index contributed by atoms with van der Waals surface area (Å²) in [5.41, 5.74) is 0.938. The van der Waals surface area contributed by atoms with Crippen LogP contribution in [0.15, 0.2) is 30.3 Å². The van der Waals surface area contributed by atoms with Gasteiger partial charge in [-0.2, -0.15) is 0 Å². The maximum atomic E-state index is 12.5. The fourth-order valence-electron chi connectivity index (χ4n) is 3.63. The van der Waals surface area contributed by atoms with Crippen LogP contribution in [0.2, 0.25) is 0 Å². The van der Waals surface area contributed by atoms with E-state index in [1.807, 2.05) is 18.2 Å². The van der Waals surface area contributed by atoms with Crippen molar-refractivity contribution in [2.75, 3.05) is 13.1 Å². The maximum absolute atomic E-state index is 12.5. The van der Waals surface area contributed by atoms with Gasteiger partial charge in [0.25, 0.3) is 0 Å². The molecule has 2 aliphatic carbocycles. The first-order valence-corrected chi connectivity index (χ1v) is 8.88. The van der Waals surface area contributed by atoms with E-state index in [0.717, 1.165) is 25.9 Å². The molecule has 2 saturated carbocycles. The van der Waals surface area contributed by atoms with Crippen LogP contribution in [-0.4, -0.2) is 25.0 Å². The number of halogens is 1. The molecule has 0 radical (unpaired) electrons. The van der Waals surface area contributed by atoms with Gasteiger partial charge in [0, 0.05) is 19.1 Å². The third kappa shape index (κ3) is 4.71. The van der Waals surface area contributed by atoms with Crippen LogP contribution < -0.4 is 10.6 Å². The lowest BCUT2D eigenvalue weighted by Crippen LogP contribution is -2.40. The van der Waals surface area contributed by atoms with E-state index in [-0.39, 0.29) is 23.7 Å². The summed E-state index contributed by atoms with van der Waals surface area (Å²) in [5, 5.41) is 6.75. The Morgan fingerprint density at radius 2 is 1.65 bits per heavy atom. The van der Waals surface area contributed by atoms with E-state index >= 15 is 0 Å². The van der Waals surface area contributed by atoms with Gasteiger partial charge in [0.2, 0.25) is 5.91 Å². The van der Waals surface area contributed by atoms with Crippen LogP contribution in [-0.2, 0) is 10.2 Å². The average Bonchev–Trinajstić information content (AvgIpc) is 3.37. The van der Waals surface area contributed by atoms with Gasteiger partial charge in [-0.05, 0) is 31.2 Å². The second-order valence-electron chi connectivity index (χ2n) is 6.85. The van der Waals surface area contributed by atoms with E-state index in [9.17, 15) is 4.79 Å². The minimum absolute atomic E-state index is 0. The summed E-state index contributed by atoms with van der Waals surface area (Å²) < 4.78 is 0. The second kappa shape index (κ2) is 8.70. The molecule has 0 saturated heterocycles. The molecule has 0 unspecified atom stereocenters. The molecule has 3 rings (SSSR count). The maximum Gasteiger partial charge on any atom is 0.230 e. The molecule has 0 aliphatic heterocycles. The molecule has 2 fully saturated rings. The highest BCUT2D eigenvalue weighted by Crippen LogP contribution is 2.48. The van der Waals surface area contributed by atoms with Gasteiger partial charge in [-0.3, -0.25) is 4.79 Å². The lowest BCUT2D eigenvalue weighted by Gasteiger charge is -2.18. The third-order valence-corrected chi connectivity index (χ3v) is 5.21.